The minimum absolute atomic E-state index is 0. The predicted molar refractivity (Wildman–Crippen MR) is 126 cm³/mol. The molecule has 0 bridgehead atoms. The fraction of sp³-hybridized carbons (Fsp3) is 0.320. The van der Waals surface area contributed by atoms with Crippen molar-refractivity contribution in [2.75, 3.05) is 0 Å². The lowest BCUT2D eigenvalue weighted by molar-refractivity contribution is 1.28. The molecule has 0 amide bonds. The second-order valence-corrected chi connectivity index (χ2v) is 6.15. The van der Waals surface area contributed by atoms with Crippen molar-refractivity contribution < 1.29 is 0 Å². The van der Waals surface area contributed by atoms with Gasteiger partial charge in [0, 0.05) is 16.8 Å². The number of aryl methyl sites for hydroxylation is 4. The summed E-state index contributed by atoms with van der Waals surface area (Å²) >= 11 is 0. The average Bonchev–Trinajstić information content (AvgIpc) is 2.62. The van der Waals surface area contributed by atoms with E-state index in [1.165, 1.54) is 22.3 Å². The van der Waals surface area contributed by atoms with Gasteiger partial charge in [-0.25, -0.2) is 0 Å². The number of aliphatic imine (C=N–C) groups is 1. The van der Waals surface area contributed by atoms with Crippen molar-refractivity contribution in [2.45, 2.75) is 55.9 Å². The van der Waals surface area contributed by atoms with E-state index in [0.717, 1.165) is 16.7 Å². The minimum Gasteiger partial charge on any atom is -0.399 e. The summed E-state index contributed by atoms with van der Waals surface area (Å²) in [4.78, 5) is 3.86. The Bertz CT molecular complexity index is 783. The Morgan fingerprint density at radius 1 is 0.852 bits per heavy atom. The van der Waals surface area contributed by atoms with Gasteiger partial charge in [-0.2, -0.15) is 0 Å². The molecule has 2 heteroatoms. The first-order chi connectivity index (χ1) is 12.2. The number of rotatable bonds is 3. The third-order valence-corrected chi connectivity index (χ3v) is 4.22. The lowest BCUT2D eigenvalue weighted by atomic mass is 9.94. The van der Waals surface area contributed by atoms with Crippen LogP contribution in [0.15, 0.2) is 48.5 Å². The van der Waals surface area contributed by atoms with Crippen LogP contribution in [-0.2, 0) is 0 Å². The molecule has 27 heavy (non-hydrogen) atoms. The minimum atomic E-state index is 0. The zero-order valence-corrected chi connectivity index (χ0v) is 17.5. The van der Waals surface area contributed by atoms with Gasteiger partial charge in [-0.3, -0.25) is 4.99 Å². The van der Waals surface area contributed by atoms with Crippen LogP contribution in [-0.4, -0.2) is 6.72 Å². The maximum Gasteiger partial charge on any atom is 0.0632 e. The summed E-state index contributed by atoms with van der Waals surface area (Å²) in [5.74, 6) is 0. The van der Waals surface area contributed by atoms with Crippen molar-refractivity contribution in [3.8, 4) is 0 Å². The molecule has 0 spiro atoms. The van der Waals surface area contributed by atoms with Crippen LogP contribution >= 0.6 is 0 Å². The summed E-state index contributed by atoms with van der Waals surface area (Å²) in [6, 6.07) is 10.5. The van der Waals surface area contributed by atoms with E-state index < -0.39 is 0 Å². The fourth-order valence-electron chi connectivity index (χ4n) is 2.43. The molecule has 2 aromatic rings. The Hall–Kier alpha value is -2.61. The molecule has 2 rings (SSSR count). The molecule has 0 aliphatic carbocycles. The zero-order chi connectivity index (χ0) is 20.4. The third kappa shape index (κ3) is 7.65. The van der Waals surface area contributed by atoms with E-state index in [2.05, 4.69) is 63.8 Å². The molecule has 0 saturated heterocycles. The van der Waals surface area contributed by atoms with E-state index in [1.54, 1.807) is 0 Å². The van der Waals surface area contributed by atoms with Crippen LogP contribution in [0.2, 0.25) is 0 Å². The van der Waals surface area contributed by atoms with Crippen molar-refractivity contribution in [1.29, 1.82) is 0 Å². The molecule has 148 valence electrons. The van der Waals surface area contributed by atoms with Crippen LogP contribution in [0, 0.1) is 34.6 Å². The van der Waals surface area contributed by atoms with E-state index in [9.17, 15) is 0 Å². The molecule has 0 atom stereocenters. The van der Waals surface area contributed by atoms with Crippen molar-refractivity contribution in [3.63, 3.8) is 0 Å². The summed E-state index contributed by atoms with van der Waals surface area (Å²) in [5, 5.41) is 0. The Balaban J connectivity index is 0. The first-order valence-electron chi connectivity index (χ1n) is 8.93. The second-order valence-electron chi connectivity index (χ2n) is 6.15. The van der Waals surface area contributed by atoms with Gasteiger partial charge in [0.2, 0.25) is 0 Å². The van der Waals surface area contributed by atoms with Crippen LogP contribution in [0.4, 0.5) is 0 Å². The lowest BCUT2D eigenvalue weighted by Gasteiger charge is -2.14. The molecule has 2 N–H and O–H groups in total. The Morgan fingerprint density at radius 2 is 1.37 bits per heavy atom. The highest BCUT2D eigenvalue weighted by molar-refractivity contribution is 5.80. The second kappa shape index (κ2) is 12.7. The maximum atomic E-state index is 5.73. The van der Waals surface area contributed by atoms with Gasteiger partial charge in [0.05, 0.1) is 5.70 Å². The first-order valence-corrected chi connectivity index (χ1v) is 8.93. The summed E-state index contributed by atoms with van der Waals surface area (Å²) in [6.07, 6.45) is 0. The smallest absolute Gasteiger partial charge is 0.0632 e. The molecule has 0 fully saturated rings. The molecule has 0 aliphatic rings. The van der Waals surface area contributed by atoms with Gasteiger partial charge in [0.15, 0.2) is 0 Å². The number of nitrogens with zero attached hydrogens (tertiary/aromatic N) is 1. The Kier molecular flexibility index (Phi) is 12.5. The van der Waals surface area contributed by atoms with Gasteiger partial charge in [0.1, 0.15) is 0 Å². The maximum absolute atomic E-state index is 5.73. The number of nitrogens with two attached hydrogens (primary N) is 1. The lowest BCUT2D eigenvalue weighted by Crippen LogP contribution is -2.02. The zero-order valence-electron chi connectivity index (χ0n) is 17.5. The summed E-state index contributed by atoms with van der Waals surface area (Å²) in [5.41, 5.74) is 15.1. The molecule has 0 aromatic heterocycles. The Morgan fingerprint density at radius 3 is 1.78 bits per heavy atom. The predicted octanol–water partition coefficient (Wildman–Crippen LogP) is 7.18. The molecule has 0 saturated carbocycles. The van der Waals surface area contributed by atoms with Crippen molar-refractivity contribution in [3.05, 3.63) is 82.4 Å². The Labute approximate surface area is 167 Å². The molecule has 2 aromatic carbocycles. The highest BCUT2D eigenvalue weighted by Gasteiger charge is 2.11. The van der Waals surface area contributed by atoms with Crippen LogP contribution in [0.5, 0.6) is 0 Å². The van der Waals surface area contributed by atoms with Gasteiger partial charge in [-0.15, -0.1) is 0 Å². The monoisotopic (exact) mass is 366 g/mol. The van der Waals surface area contributed by atoms with Gasteiger partial charge in [-0.05, 0) is 63.6 Å². The van der Waals surface area contributed by atoms with Crippen LogP contribution < -0.4 is 5.73 Å². The molecular formula is C25H38N2. The van der Waals surface area contributed by atoms with Crippen molar-refractivity contribution >= 4 is 18.1 Å². The van der Waals surface area contributed by atoms with E-state index in [-0.39, 0.29) is 7.43 Å². The first kappa shape index (κ1) is 26.6. The highest BCUT2D eigenvalue weighted by atomic mass is 14.7. The van der Waals surface area contributed by atoms with Crippen LogP contribution in [0.3, 0.4) is 0 Å². The summed E-state index contributed by atoms with van der Waals surface area (Å²) in [7, 11) is 0. The number of hydrogen-bond donors (Lipinski definition) is 1. The molecule has 0 heterocycles. The van der Waals surface area contributed by atoms with E-state index in [0.29, 0.717) is 11.4 Å². The third-order valence-electron chi connectivity index (χ3n) is 4.22. The van der Waals surface area contributed by atoms with Gasteiger partial charge >= 0.3 is 0 Å². The van der Waals surface area contributed by atoms with Crippen molar-refractivity contribution in [2.24, 2.45) is 10.7 Å². The number of benzene rings is 2. The summed E-state index contributed by atoms with van der Waals surface area (Å²) < 4.78 is 0. The van der Waals surface area contributed by atoms with Crippen molar-refractivity contribution in [1.82, 2.24) is 0 Å². The van der Waals surface area contributed by atoms with Crippen LogP contribution in [0.25, 0.3) is 11.4 Å². The molecule has 0 aliphatic heterocycles. The standard InChI is InChI=1S/C13H16N2.C9H12.C2H6.CH4/c1-8-6-7-12(10(3)14)13(9(8)2)11(4)15-5;1-7-4-5-8(2)9(3)6-7;1-2;/h6-7H,3-5,14H2,1-2H3;4-6H,1-3H3;1-2H3;1H4. The average molecular weight is 367 g/mol. The topological polar surface area (TPSA) is 38.4 Å². The van der Waals surface area contributed by atoms with Gasteiger partial charge in [-0.1, -0.05) is 70.3 Å². The normalized spacial score (nSPS) is 8.85. The van der Waals surface area contributed by atoms with E-state index >= 15 is 0 Å². The van der Waals surface area contributed by atoms with E-state index in [4.69, 9.17) is 5.73 Å². The number of hydrogen-bond acceptors (Lipinski definition) is 2. The molecular weight excluding hydrogens is 328 g/mol. The van der Waals surface area contributed by atoms with Gasteiger partial charge in [0.25, 0.3) is 0 Å². The molecule has 0 unspecified atom stereocenters. The molecule has 0 radical (unpaired) electrons. The summed E-state index contributed by atoms with van der Waals surface area (Å²) in [6.45, 7) is 25.6. The SMILES string of the molecule is C.C=NC(=C)c1c(C(=C)N)ccc(C)c1C.CC.Cc1ccc(C)c(C)c1. The largest absolute Gasteiger partial charge is 0.399 e. The quantitative estimate of drug-likeness (QED) is 0.574. The highest BCUT2D eigenvalue weighted by Crippen LogP contribution is 2.27. The fourth-order valence-corrected chi connectivity index (χ4v) is 2.43. The van der Waals surface area contributed by atoms with Gasteiger partial charge < -0.3 is 5.73 Å². The molecule has 2 nitrogen and oxygen atoms in total. The van der Waals surface area contributed by atoms with Crippen LogP contribution in [0.1, 0.15) is 60.2 Å². The van der Waals surface area contributed by atoms with E-state index in [1.807, 2.05) is 39.8 Å².